The number of fused-ring (bicyclic) bond motifs is 1. The molecule has 0 bridgehead atoms. The van der Waals surface area contributed by atoms with E-state index in [0.29, 0.717) is 36.2 Å². The Hall–Kier alpha value is -3.57. The first kappa shape index (κ1) is 23.7. The Morgan fingerprint density at radius 1 is 1.19 bits per heavy atom. The summed E-state index contributed by atoms with van der Waals surface area (Å²) in [6.07, 6.45) is -5.52. The lowest BCUT2D eigenvalue weighted by Crippen LogP contribution is -2.30. The summed E-state index contributed by atoms with van der Waals surface area (Å²) >= 11 is 0. The minimum absolute atomic E-state index is 0.0138. The van der Waals surface area contributed by atoms with Crippen LogP contribution in [0.15, 0.2) is 34.1 Å². The molecule has 4 N–H and O–H groups in total. The van der Waals surface area contributed by atoms with Gasteiger partial charge >= 0.3 is 18.1 Å². The number of rotatable bonds is 8. The van der Waals surface area contributed by atoms with Crippen LogP contribution in [-0.2, 0) is 27.3 Å². The van der Waals surface area contributed by atoms with Crippen LogP contribution in [0.4, 0.5) is 13.2 Å². The van der Waals surface area contributed by atoms with Crippen molar-refractivity contribution in [3.8, 4) is 5.75 Å². The van der Waals surface area contributed by atoms with Gasteiger partial charge in [-0.2, -0.15) is 13.2 Å². The van der Waals surface area contributed by atoms with Crippen molar-refractivity contribution in [2.45, 2.75) is 32.5 Å². The predicted molar refractivity (Wildman–Crippen MR) is 106 cm³/mol. The normalized spacial score (nSPS) is 11.2. The highest BCUT2D eigenvalue weighted by Crippen LogP contribution is 2.22. The van der Waals surface area contributed by atoms with Gasteiger partial charge in [-0.3, -0.25) is 14.6 Å². The zero-order chi connectivity index (χ0) is 23.2. The number of carbonyl (C=O) groups is 2. The highest BCUT2D eigenvalue weighted by Gasteiger charge is 2.42. The molecule has 2 aromatic rings. The molecule has 1 aromatic carbocycles. The lowest BCUT2D eigenvalue weighted by Gasteiger charge is -2.13. The summed E-state index contributed by atoms with van der Waals surface area (Å²) < 4.78 is 47.4. The molecule has 0 saturated carbocycles. The van der Waals surface area contributed by atoms with E-state index in [-0.39, 0.29) is 18.1 Å². The van der Waals surface area contributed by atoms with Gasteiger partial charge in [-0.25, -0.2) is 4.79 Å². The average molecular weight is 442 g/mol. The number of carbonyl (C=O) groups excluding carboxylic acids is 2. The van der Waals surface area contributed by atoms with Gasteiger partial charge in [0.05, 0.1) is 18.5 Å². The van der Waals surface area contributed by atoms with Crippen LogP contribution in [-0.4, -0.2) is 41.8 Å². The number of hydrogen-bond donors (Lipinski definition) is 2. The molecular formula is C19H21F3N4O5. The van der Waals surface area contributed by atoms with Crippen LogP contribution in [0, 0.1) is 0 Å². The fraction of sp³-hybridized carbons (Fsp3) is 0.368. The Morgan fingerprint density at radius 2 is 1.90 bits per heavy atom. The Morgan fingerprint density at radius 3 is 2.52 bits per heavy atom. The molecule has 9 nitrogen and oxygen atoms in total. The van der Waals surface area contributed by atoms with Crippen molar-refractivity contribution in [1.82, 2.24) is 4.57 Å². The Kier molecular flexibility index (Phi) is 7.61. The maximum atomic E-state index is 12.7. The number of aromatic nitrogens is 1. The van der Waals surface area contributed by atoms with Crippen LogP contribution in [0.2, 0.25) is 0 Å². The van der Waals surface area contributed by atoms with E-state index in [9.17, 15) is 27.6 Å². The second-order valence-electron chi connectivity index (χ2n) is 6.38. The number of halogens is 3. The Labute approximate surface area is 174 Å². The number of aryl methyl sites for hydroxylation is 1. The number of hydrogen-bond acceptors (Lipinski definition) is 6. The molecule has 0 amide bonds. The van der Waals surface area contributed by atoms with E-state index in [1.165, 1.54) is 10.6 Å². The summed E-state index contributed by atoms with van der Waals surface area (Å²) in [7, 11) is 0. The third-order valence-electron chi connectivity index (χ3n) is 4.10. The molecule has 168 valence electrons. The van der Waals surface area contributed by atoms with E-state index >= 15 is 0 Å². The maximum absolute atomic E-state index is 12.7. The molecule has 0 radical (unpaired) electrons. The number of esters is 2. The highest BCUT2D eigenvalue weighted by atomic mass is 19.4. The smallest absolute Gasteiger partial charge is 0.491 e. The molecule has 1 aromatic heterocycles. The van der Waals surface area contributed by atoms with E-state index in [4.69, 9.17) is 16.2 Å². The van der Waals surface area contributed by atoms with Crippen molar-refractivity contribution >= 4 is 28.8 Å². The van der Waals surface area contributed by atoms with Crippen LogP contribution in [0.5, 0.6) is 5.75 Å². The molecular weight excluding hydrogens is 421 g/mol. The zero-order valence-electron chi connectivity index (χ0n) is 16.6. The summed E-state index contributed by atoms with van der Waals surface area (Å²) in [5.74, 6) is -3.63. The van der Waals surface area contributed by atoms with Crippen molar-refractivity contribution in [2.75, 3.05) is 13.2 Å². The van der Waals surface area contributed by atoms with Gasteiger partial charge in [0.15, 0.2) is 5.96 Å². The van der Waals surface area contributed by atoms with Crippen molar-refractivity contribution in [1.29, 1.82) is 0 Å². The summed E-state index contributed by atoms with van der Waals surface area (Å²) in [6, 6.07) is 6.28. The summed E-state index contributed by atoms with van der Waals surface area (Å²) in [5, 5.41) is 0.555. The van der Waals surface area contributed by atoms with Crippen molar-refractivity contribution in [2.24, 2.45) is 16.5 Å². The standard InChI is InChI=1S/C19H21F3N4O5/c1-2-26-14-10-13(30-7-3-6-25-18(23)24)5-4-11(14)8-12(16(26)28)9-15(27)31-17(29)19(20,21)22/h4-5,8,10H,2-3,6-7,9H2,1H3,(H4,23,24,25). The zero-order valence-corrected chi connectivity index (χ0v) is 16.6. The Balaban J connectivity index is 2.21. The summed E-state index contributed by atoms with van der Waals surface area (Å²) in [4.78, 5) is 39.0. The van der Waals surface area contributed by atoms with E-state index < -0.39 is 30.1 Å². The molecule has 0 unspecified atom stereocenters. The lowest BCUT2D eigenvalue weighted by atomic mass is 10.1. The molecule has 0 aliphatic carbocycles. The SMILES string of the molecule is CCn1c(=O)c(CC(=O)OC(=O)C(F)(F)F)cc2ccc(OCCCN=C(N)N)cc21. The van der Waals surface area contributed by atoms with E-state index in [1.807, 2.05) is 0 Å². The van der Waals surface area contributed by atoms with Crippen LogP contribution in [0.3, 0.4) is 0 Å². The minimum Gasteiger partial charge on any atom is -0.493 e. The van der Waals surface area contributed by atoms with Crippen LogP contribution in [0.1, 0.15) is 18.9 Å². The number of aliphatic imine (C=N–C) groups is 1. The first-order valence-electron chi connectivity index (χ1n) is 9.19. The fourth-order valence-corrected chi connectivity index (χ4v) is 2.76. The number of nitrogens with zero attached hydrogens (tertiary/aromatic N) is 2. The molecule has 1 heterocycles. The lowest BCUT2D eigenvalue weighted by molar-refractivity contribution is -0.201. The number of nitrogens with two attached hydrogens (primary N) is 2. The third-order valence-corrected chi connectivity index (χ3v) is 4.10. The van der Waals surface area contributed by atoms with Crippen LogP contribution in [0.25, 0.3) is 10.9 Å². The molecule has 0 spiro atoms. The monoisotopic (exact) mass is 442 g/mol. The average Bonchev–Trinajstić information content (AvgIpc) is 2.67. The van der Waals surface area contributed by atoms with Gasteiger partial charge in [0.1, 0.15) is 5.75 Å². The fourth-order valence-electron chi connectivity index (χ4n) is 2.76. The number of pyridine rings is 1. The van der Waals surface area contributed by atoms with Crippen molar-refractivity contribution in [3.63, 3.8) is 0 Å². The van der Waals surface area contributed by atoms with Crippen molar-refractivity contribution < 1.29 is 32.2 Å². The summed E-state index contributed by atoms with van der Waals surface area (Å²) in [5.41, 5.74) is 10.3. The molecule has 0 fully saturated rings. The van der Waals surface area contributed by atoms with Crippen LogP contribution >= 0.6 is 0 Å². The quantitative estimate of drug-likeness (QED) is 0.206. The largest absolute Gasteiger partial charge is 0.493 e. The molecule has 0 saturated heterocycles. The molecule has 12 heteroatoms. The highest BCUT2D eigenvalue weighted by molar-refractivity contribution is 5.90. The Bertz CT molecular complexity index is 1060. The molecule has 0 atom stereocenters. The molecule has 0 aliphatic heterocycles. The van der Waals surface area contributed by atoms with E-state index in [2.05, 4.69) is 9.73 Å². The minimum atomic E-state index is -5.30. The van der Waals surface area contributed by atoms with Gasteiger partial charge in [0.25, 0.3) is 5.56 Å². The predicted octanol–water partition coefficient (Wildman–Crippen LogP) is 1.24. The first-order valence-corrected chi connectivity index (χ1v) is 9.19. The maximum Gasteiger partial charge on any atom is 0.491 e. The number of ether oxygens (including phenoxy) is 2. The van der Waals surface area contributed by atoms with Gasteiger partial charge in [0, 0.05) is 31.1 Å². The number of alkyl halides is 3. The molecule has 31 heavy (non-hydrogen) atoms. The number of benzene rings is 1. The topological polar surface area (TPSA) is 139 Å². The van der Waals surface area contributed by atoms with Gasteiger partial charge in [0.2, 0.25) is 0 Å². The third kappa shape index (κ3) is 6.46. The van der Waals surface area contributed by atoms with Gasteiger partial charge in [-0.05, 0) is 30.5 Å². The second kappa shape index (κ2) is 9.96. The van der Waals surface area contributed by atoms with Crippen molar-refractivity contribution in [3.05, 3.63) is 40.2 Å². The molecule has 2 rings (SSSR count). The van der Waals surface area contributed by atoms with Gasteiger partial charge in [-0.15, -0.1) is 0 Å². The number of guanidine groups is 1. The molecule has 0 aliphatic rings. The summed E-state index contributed by atoms with van der Waals surface area (Å²) in [6.45, 7) is 2.65. The van der Waals surface area contributed by atoms with Gasteiger partial charge < -0.3 is 25.5 Å². The second-order valence-corrected chi connectivity index (χ2v) is 6.38. The van der Waals surface area contributed by atoms with E-state index in [0.717, 1.165) is 0 Å². The van der Waals surface area contributed by atoms with Gasteiger partial charge in [-0.1, -0.05) is 0 Å². The van der Waals surface area contributed by atoms with Crippen LogP contribution < -0.4 is 21.8 Å². The van der Waals surface area contributed by atoms with E-state index in [1.54, 1.807) is 25.1 Å². The first-order chi connectivity index (χ1) is 14.5.